The van der Waals surface area contributed by atoms with Gasteiger partial charge in [-0.25, -0.2) is 0 Å². The number of ether oxygens (including phenoxy) is 1. The van der Waals surface area contributed by atoms with Crippen molar-refractivity contribution in [3.8, 4) is 5.75 Å². The van der Waals surface area contributed by atoms with E-state index in [9.17, 15) is 8.42 Å². The number of aromatic nitrogens is 3. The lowest BCUT2D eigenvalue weighted by molar-refractivity contribution is -0.936. The summed E-state index contributed by atoms with van der Waals surface area (Å²) in [7, 11) is -3.58. The molecule has 0 aliphatic rings. The van der Waals surface area contributed by atoms with Gasteiger partial charge in [0.1, 0.15) is 18.0 Å². The lowest BCUT2D eigenvalue weighted by atomic mass is 10.1. The fraction of sp³-hybridized carbons (Fsp3) is 0.520. The van der Waals surface area contributed by atoms with E-state index in [0.717, 1.165) is 52.9 Å². The van der Waals surface area contributed by atoms with E-state index in [2.05, 4.69) is 37.1 Å². The normalized spacial score (nSPS) is 12.3. The number of hydrogen-bond donors (Lipinski definition) is 0. The number of rotatable bonds is 15. The van der Waals surface area contributed by atoms with Crippen molar-refractivity contribution in [3.05, 3.63) is 54.4 Å². The Labute approximate surface area is 203 Å². The molecule has 2 aromatic carbocycles. The first-order chi connectivity index (χ1) is 16.4. The Morgan fingerprint density at radius 3 is 2.41 bits per heavy atom. The van der Waals surface area contributed by atoms with Crippen LogP contribution in [0.25, 0.3) is 10.8 Å². The molecule has 0 radical (unpaired) electrons. The van der Waals surface area contributed by atoms with Gasteiger partial charge in [0, 0.05) is 13.0 Å². The zero-order valence-electron chi connectivity index (χ0n) is 20.5. The smallest absolute Gasteiger partial charge is 0.267 e. The van der Waals surface area contributed by atoms with Crippen molar-refractivity contribution in [1.82, 2.24) is 15.0 Å². The molecule has 0 spiro atoms. The second kappa shape index (κ2) is 12.3. The summed E-state index contributed by atoms with van der Waals surface area (Å²) >= 11 is 0. The minimum Gasteiger partial charge on any atom is -0.493 e. The maximum Gasteiger partial charge on any atom is 0.267 e. The first-order valence-corrected chi connectivity index (χ1v) is 13.7. The number of nitrogens with zero attached hydrogens (tertiary/aromatic N) is 4. The highest BCUT2D eigenvalue weighted by Crippen LogP contribution is 2.20. The monoisotopic (exact) mass is 489 g/mol. The summed E-state index contributed by atoms with van der Waals surface area (Å²) in [6.07, 6.45) is 2.84. The third kappa shape index (κ3) is 7.51. The van der Waals surface area contributed by atoms with Gasteiger partial charge in [0.2, 0.25) is 0 Å². The van der Waals surface area contributed by atoms with E-state index in [0.29, 0.717) is 26.0 Å². The molecule has 0 saturated carbocycles. The van der Waals surface area contributed by atoms with E-state index in [4.69, 9.17) is 8.92 Å². The number of hydrogen-bond acceptors (Lipinski definition) is 6. The van der Waals surface area contributed by atoms with E-state index in [1.807, 2.05) is 42.6 Å². The van der Waals surface area contributed by atoms with Crippen molar-refractivity contribution in [2.45, 2.75) is 46.7 Å². The molecule has 186 valence electrons. The minimum atomic E-state index is -3.58. The molecular formula is C25H37N4O4S+. The predicted molar refractivity (Wildman–Crippen MR) is 134 cm³/mol. The van der Waals surface area contributed by atoms with E-state index < -0.39 is 10.1 Å². The van der Waals surface area contributed by atoms with Crippen LogP contribution in [0, 0.1) is 0 Å². The van der Waals surface area contributed by atoms with Crippen molar-refractivity contribution < 1.29 is 21.8 Å². The summed E-state index contributed by atoms with van der Waals surface area (Å²) in [5.41, 5.74) is 0.941. The maximum atomic E-state index is 12.2. The third-order valence-electron chi connectivity index (χ3n) is 6.42. The van der Waals surface area contributed by atoms with Crippen LogP contribution < -0.4 is 4.74 Å². The number of quaternary nitrogens is 1. The summed E-state index contributed by atoms with van der Waals surface area (Å²) in [6.45, 7) is 11.5. The molecular weight excluding hydrogens is 452 g/mol. The Morgan fingerprint density at radius 2 is 1.68 bits per heavy atom. The van der Waals surface area contributed by atoms with Gasteiger partial charge in [-0.2, -0.15) is 8.42 Å². The molecule has 3 rings (SSSR count). The van der Waals surface area contributed by atoms with Crippen molar-refractivity contribution in [2.24, 2.45) is 0 Å². The Morgan fingerprint density at radius 1 is 0.941 bits per heavy atom. The summed E-state index contributed by atoms with van der Waals surface area (Å²) in [5.74, 6) is 0.716. The highest BCUT2D eigenvalue weighted by atomic mass is 32.2. The molecule has 3 aromatic rings. The number of fused-ring (bicyclic) bond motifs is 1. The highest BCUT2D eigenvalue weighted by Gasteiger charge is 2.23. The van der Waals surface area contributed by atoms with Gasteiger partial charge >= 0.3 is 0 Å². The van der Waals surface area contributed by atoms with E-state index >= 15 is 0 Å². The zero-order valence-corrected chi connectivity index (χ0v) is 21.3. The Bertz CT molecular complexity index is 1130. The van der Waals surface area contributed by atoms with Crippen LogP contribution in [0.4, 0.5) is 0 Å². The Hall–Kier alpha value is -2.49. The van der Waals surface area contributed by atoms with Crippen LogP contribution in [0.5, 0.6) is 5.75 Å². The third-order valence-corrected chi connectivity index (χ3v) is 7.73. The van der Waals surface area contributed by atoms with Crippen LogP contribution in [0.15, 0.2) is 48.7 Å². The molecule has 1 aromatic heterocycles. The molecule has 0 bridgehead atoms. The topological polar surface area (TPSA) is 83.3 Å². The molecule has 1 heterocycles. The fourth-order valence-corrected chi connectivity index (χ4v) is 5.00. The summed E-state index contributed by atoms with van der Waals surface area (Å²) in [6, 6.07) is 14.0. The zero-order chi connectivity index (χ0) is 24.4. The molecule has 0 aliphatic heterocycles. The van der Waals surface area contributed by atoms with Crippen molar-refractivity contribution in [1.29, 1.82) is 0 Å². The largest absolute Gasteiger partial charge is 0.493 e. The van der Waals surface area contributed by atoms with Crippen molar-refractivity contribution in [2.75, 3.05) is 38.6 Å². The van der Waals surface area contributed by atoms with Crippen LogP contribution in [0.2, 0.25) is 0 Å². The second-order valence-corrected chi connectivity index (χ2v) is 10.3. The summed E-state index contributed by atoms with van der Waals surface area (Å²) < 4.78 is 38.0. The van der Waals surface area contributed by atoms with Crippen molar-refractivity contribution in [3.63, 3.8) is 0 Å². The Balaban J connectivity index is 1.35. The molecule has 8 nitrogen and oxygen atoms in total. The Kier molecular flexibility index (Phi) is 9.44. The molecule has 0 atom stereocenters. The van der Waals surface area contributed by atoms with Crippen LogP contribution >= 0.6 is 0 Å². The van der Waals surface area contributed by atoms with E-state index in [1.165, 1.54) is 0 Å². The van der Waals surface area contributed by atoms with Gasteiger partial charge < -0.3 is 9.22 Å². The van der Waals surface area contributed by atoms with Gasteiger partial charge in [0.25, 0.3) is 10.1 Å². The molecule has 0 unspecified atom stereocenters. The van der Waals surface area contributed by atoms with Crippen LogP contribution in [0.1, 0.15) is 39.3 Å². The van der Waals surface area contributed by atoms with Crippen LogP contribution in [-0.2, 0) is 27.4 Å². The molecule has 0 N–H and O–H groups in total. The van der Waals surface area contributed by atoms with Crippen LogP contribution in [-0.4, -0.2) is 66.5 Å². The fourth-order valence-electron chi connectivity index (χ4n) is 4.02. The molecule has 34 heavy (non-hydrogen) atoms. The van der Waals surface area contributed by atoms with E-state index in [1.54, 1.807) is 4.68 Å². The van der Waals surface area contributed by atoms with Gasteiger partial charge in [0.15, 0.2) is 0 Å². The highest BCUT2D eigenvalue weighted by molar-refractivity contribution is 7.86. The second-order valence-electron chi connectivity index (χ2n) is 8.57. The van der Waals surface area contributed by atoms with E-state index in [-0.39, 0.29) is 12.4 Å². The SMILES string of the molecule is CC[N+](CC)(CC)Cc1cn(CCCS(=O)(=O)OCCCOc2ccc3ccccc3c2)nn1. The van der Waals surface area contributed by atoms with Gasteiger partial charge in [-0.3, -0.25) is 8.86 Å². The van der Waals surface area contributed by atoms with Gasteiger partial charge in [-0.15, -0.1) is 5.10 Å². The first kappa shape index (κ1) is 26.1. The summed E-state index contributed by atoms with van der Waals surface area (Å²) in [4.78, 5) is 0. The molecule has 9 heteroatoms. The lowest BCUT2D eigenvalue weighted by Gasteiger charge is -2.34. The maximum absolute atomic E-state index is 12.2. The number of aryl methyl sites for hydroxylation is 1. The van der Waals surface area contributed by atoms with Crippen molar-refractivity contribution >= 4 is 20.9 Å². The standard InChI is InChI=1S/C25H37N4O4S/c1-4-29(5-2,6-3)21-24-20-28(27-26-24)15-9-18-34(30,31)33-17-10-16-32-25-14-13-22-11-7-8-12-23(22)19-25/h7-8,11-14,19-20H,4-6,9-10,15-18,21H2,1-3H3/q+1. The molecule has 0 aliphatic carbocycles. The average molecular weight is 490 g/mol. The molecule has 0 fully saturated rings. The number of benzene rings is 2. The first-order valence-electron chi connectivity index (χ1n) is 12.1. The van der Waals surface area contributed by atoms with Crippen LogP contribution in [0.3, 0.4) is 0 Å². The van der Waals surface area contributed by atoms with Gasteiger partial charge in [-0.05, 0) is 50.1 Å². The van der Waals surface area contributed by atoms with Gasteiger partial charge in [-0.1, -0.05) is 35.5 Å². The lowest BCUT2D eigenvalue weighted by Crippen LogP contribution is -2.46. The quantitative estimate of drug-likeness (QED) is 0.182. The average Bonchev–Trinajstić information content (AvgIpc) is 3.29. The summed E-state index contributed by atoms with van der Waals surface area (Å²) in [5, 5.41) is 10.7. The molecule has 0 amide bonds. The van der Waals surface area contributed by atoms with Gasteiger partial charge in [0.05, 0.1) is 44.8 Å². The molecule has 0 saturated heterocycles. The predicted octanol–water partition coefficient (Wildman–Crippen LogP) is 4.01. The minimum absolute atomic E-state index is 0.0490.